The molecule has 1 heterocycles. The summed E-state index contributed by atoms with van der Waals surface area (Å²) in [6, 6.07) is 11.4. The van der Waals surface area contributed by atoms with Crippen LogP contribution >= 0.6 is 0 Å². The smallest absolute Gasteiger partial charge is 0.252 e. The van der Waals surface area contributed by atoms with Crippen molar-refractivity contribution in [3.05, 3.63) is 70.8 Å². The quantitative estimate of drug-likeness (QED) is 0.429. The SMILES string of the molecule is Cc1ccccc1CO[C@]1(C(=O)NCCN2CCOCC2)CC(OCc2cccc(F)c2F)[C@H](O)[C@H](O)C1. The molecule has 1 aliphatic carbocycles. The van der Waals surface area contributed by atoms with Crippen LogP contribution in [-0.2, 0) is 32.2 Å². The molecule has 4 atom stereocenters. The summed E-state index contributed by atoms with van der Waals surface area (Å²) in [5.74, 6) is -2.47. The Labute approximate surface area is 221 Å². The Morgan fingerprint density at radius 3 is 2.58 bits per heavy atom. The molecule has 0 aromatic heterocycles. The lowest BCUT2D eigenvalue weighted by Crippen LogP contribution is -2.61. The summed E-state index contributed by atoms with van der Waals surface area (Å²) in [7, 11) is 0. The molecule has 0 spiro atoms. The molecule has 1 aliphatic heterocycles. The van der Waals surface area contributed by atoms with Gasteiger partial charge in [0.15, 0.2) is 17.2 Å². The van der Waals surface area contributed by atoms with Crippen LogP contribution in [0.1, 0.15) is 29.5 Å². The lowest BCUT2D eigenvalue weighted by Gasteiger charge is -2.44. The van der Waals surface area contributed by atoms with E-state index >= 15 is 0 Å². The molecule has 38 heavy (non-hydrogen) atoms. The van der Waals surface area contributed by atoms with Crippen molar-refractivity contribution in [2.24, 2.45) is 0 Å². The van der Waals surface area contributed by atoms with Crippen molar-refractivity contribution in [2.45, 2.75) is 56.9 Å². The van der Waals surface area contributed by atoms with Gasteiger partial charge in [-0.05, 0) is 24.1 Å². The second-order valence-electron chi connectivity index (χ2n) is 9.95. The van der Waals surface area contributed by atoms with Crippen molar-refractivity contribution < 1.29 is 38.0 Å². The fourth-order valence-corrected chi connectivity index (χ4v) is 4.92. The van der Waals surface area contributed by atoms with Crippen molar-refractivity contribution in [1.82, 2.24) is 10.2 Å². The minimum absolute atomic E-state index is 0.0290. The second-order valence-corrected chi connectivity index (χ2v) is 9.95. The number of rotatable bonds is 10. The highest BCUT2D eigenvalue weighted by Gasteiger charge is 2.51. The molecule has 3 N–H and O–H groups in total. The van der Waals surface area contributed by atoms with Crippen LogP contribution in [0.5, 0.6) is 0 Å². The Morgan fingerprint density at radius 2 is 1.82 bits per heavy atom. The van der Waals surface area contributed by atoms with E-state index in [2.05, 4.69) is 10.2 Å². The maximum absolute atomic E-state index is 14.2. The van der Waals surface area contributed by atoms with E-state index in [1.54, 1.807) is 0 Å². The van der Waals surface area contributed by atoms with Crippen LogP contribution in [0.15, 0.2) is 42.5 Å². The predicted octanol–water partition coefficient (Wildman–Crippen LogP) is 2.08. The fraction of sp³-hybridized carbons (Fsp3) is 0.536. The molecule has 0 bridgehead atoms. The van der Waals surface area contributed by atoms with Gasteiger partial charge in [-0.25, -0.2) is 8.78 Å². The lowest BCUT2D eigenvalue weighted by atomic mass is 9.78. The number of hydrogen-bond donors (Lipinski definition) is 3. The van der Waals surface area contributed by atoms with Gasteiger partial charge in [0, 0.05) is 44.6 Å². The molecule has 4 rings (SSSR count). The van der Waals surface area contributed by atoms with Gasteiger partial charge < -0.3 is 29.7 Å². The highest BCUT2D eigenvalue weighted by molar-refractivity contribution is 5.85. The number of hydrogen-bond acceptors (Lipinski definition) is 7. The van der Waals surface area contributed by atoms with E-state index in [4.69, 9.17) is 14.2 Å². The van der Waals surface area contributed by atoms with Crippen molar-refractivity contribution in [2.75, 3.05) is 39.4 Å². The summed E-state index contributed by atoms with van der Waals surface area (Å²) >= 11 is 0. The number of morpholine rings is 1. The number of carbonyl (C=O) groups excluding carboxylic acids is 1. The predicted molar refractivity (Wildman–Crippen MR) is 135 cm³/mol. The molecule has 2 aliphatic rings. The number of ether oxygens (including phenoxy) is 3. The Morgan fingerprint density at radius 1 is 1.08 bits per heavy atom. The van der Waals surface area contributed by atoms with E-state index in [1.165, 1.54) is 12.1 Å². The molecule has 1 saturated carbocycles. The average molecular weight is 535 g/mol. The number of aliphatic hydroxyl groups is 2. The Kier molecular flexibility index (Phi) is 9.80. The topological polar surface area (TPSA) is 100 Å². The summed E-state index contributed by atoms with van der Waals surface area (Å²) < 4.78 is 45.2. The average Bonchev–Trinajstić information content (AvgIpc) is 2.92. The van der Waals surface area contributed by atoms with Crippen molar-refractivity contribution in [1.29, 1.82) is 0 Å². The summed E-state index contributed by atoms with van der Waals surface area (Å²) in [5.41, 5.74) is 0.338. The standard InChI is InChI=1S/C28H36F2N2O6/c1-19-5-2-3-6-20(19)18-38-28(27(35)31-9-10-32-11-13-36-14-12-32)15-23(33)26(34)24(16-28)37-17-21-7-4-8-22(29)25(21)30/h2-8,23-24,26,33-34H,9-18H2,1H3,(H,31,35)/t23-,24?,26-,28+/m1/s1. The number of benzene rings is 2. The third-order valence-corrected chi connectivity index (χ3v) is 7.33. The summed E-state index contributed by atoms with van der Waals surface area (Å²) in [4.78, 5) is 15.8. The molecule has 2 aromatic carbocycles. The van der Waals surface area contributed by atoms with Gasteiger partial charge in [-0.1, -0.05) is 36.4 Å². The molecule has 1 amide bonds. The third kappa shape index (κ3) is 6.93. The van der Waals surface area contributed by atoms with E-state index in [9.17, 15) is 23.8 Å². The molecular formula is C28H36F2N2O6. The molecule has 10 heteroatoms. The monoisotopic (exact) mass is 534 g/mol. The summed E-state index contributed by atoms with van der Waals surface area (Å²) in [6.07, 6.45) is -3.92. The zero-order chi connectivity index (χ0) is 27.1. The summed E-state index contributed by atoms with van der Waals surface area (Å²) in [6.45, 7) is 5.55. The van der Waals surface area contributed by atoms with Crippen LogP contribution in [0.2, 0.25) is 0 Å². The van der Waals surface area contributed by atoms with Gasteiger partial charge in [-0.3, -0.25) is 9.69 Å². The van der Waals surface area contributed by atoms with E-state index in [1.807, 2.05) is 31.2 Å². The van der Waals surface area contributed by atoms with Crippen molar-refractivity contribution in [3.63, 3.8) is 0 Å². The van der Waals surface area contributed by atoms with E-state index in [0.29, 0.717) is 26.3 Å². The fourth-order valence-electron chi connectivity index (χ4n) is 4.92. The normalized spacial score (nSPS) is 26.3. The number of aliphatic hydroxyl groups excluding tert-OH is 2. The molecule has 1 saturated heterocycles. The van der Waals surface area contributed by atoms with Gasteiger partial charge in [0.2, 0.25) is 0 Å². The van der Waals surface area contributed by atoms with Crippen LogP contribution in [0, 0.1) is 18.6 Å². The highest BCUT2D eigenvalue weighted by Crippen LogP contribution is 2.36. The first kappa shape index (κ1) is 28.5. The number of nitrogens with one attached hydrogen (secondary N) is 1. The number of aryl methyl sites for hydroxylation is 1. The number of halogens is 2. The zero-order valence-electron chi connectivity index (χ0n) is 21.6. The molecule has 8 nitrogen and oxygen atoms in total. The van der Waals surface area contributed by atoms with E-state index in [0.717, 1.165) is 30.3 Å². The first-order chi connectivity index (χ1) is 18.3. The van der Waals surface area contributed by atoms with Crippen molar-refractivity contribution in [3.8, 4) is 0 Å². The Bertz CT molecular complexity index is 1080. The molecule has 0 radical (unpaired) electrons. The zero-order valence-corrected chi connectivity index (χ0v) is 21.6. The maximum Gasteiger partial charge on any atom is 0.252 e. The minimum Gasteiger partial charge on any atom is -0.390 e. The first-order valence-corrected chi connectivity index (χ1v) is 13.0. The van der Waals surface area contributed by atoms with Crippen LogP contribution < -0.4 is 5.32 Å². The Balaban J connectivity index is 1.50. The van der Waals surface area contributed by atoms with Crippen LogP contribution in [0.4, 0.5) is 8.78 Å². The van der Waals surface area contributed by atoms with Crippen LogP contribution in [-0.4, -0.2) is 84.3 Å². The number of amides is 1. The maximum atomic E-state index is 14.2. The molecule has 1 unspecified atom stereocenters. The summed E-state index contributed by atoms with van der Waals surface area (Å²) in [5, 5.41) is 24.4. The number of nitrogens with zero attached hydrogens (tertiary/aromatic N) is 1. The van der Waals surface area contributed by atoms with Crippen LogP contribution in [0.3, 0.4) is 0 Å². The van der Waals surface area contributed by atoms with Gasteiger partial charge in [0.05, 0.1) is 38.6 Å². The lowest BCUT2D eigenvalue weighted by molar-refractivity contribution is -0.200. The van der Waals surface area contributed by atoms with Gasteiger partial charge in [-0.2, -0.15) is 0 Å². The molecule has 2 fully saturated rings. The number of carbonyl (C=O) groups is 1. The van der Waals surface area contributed by atoms with Gasteiger partial charge >= 0.3 is 0 Å². The first-order valence-electron chi connectivity index (χ1n) is 13.0. The van der Waals surface area contributed by atoms with Crippen LogP contribution in [0.25, 0.3) is 0 Å². The molecule has 2 aromatic rings. The highest BCUT2D eigenvalue weighted by atomic mass is 19.2. The Hall–Kier alpha value is -2.47. The van der Waals surface area contributed by atoms with Crippen molar-refractivity contribution >= 4 is 5.91 Å². The van der Waals surface area contributed by atoms with Gasteiger partial charge in [0.25, 0.3) is 5.91 Å². The van der Waals surface area contributed by atoms with Gasteiger partial charge in [-0.15, -0.1) is 0 Å². The second kappa shape index (κ2) is 13.1. The van der Waals surface area contributed by atoms with E-state index < -0.39 is 41.5 Å². The van der Waals surface area contributed by atoms with Gasteiger partial charge in [0.1, 0.15) is 6.10 Å². The third-order valence-electron chi connectivity index (χ3n) is 7.33. The minimum atomic E-state index is -1.50. The molecule has 208 valence electrons. The molecular weight excluding hydrogens is 498 g/mol. The van der Waals surface area contributed by atoms with E-state index in [-0.39, 0.29) is 31.6 Å². The largest absolute Gasteiger partial charge is 0.390 e.